The van der Waals surface area contributed by atoms with Gasteiger partial charge >= 0.3 is 0 Å². The van der Waals surface area contributed by atoms with Crippen molar-refractivity contribution in [2.75, 3.05) is 0 Å². The summed E-state index contributed by atoms with van der Waals surface area (Å²) < 4.78 is 1.58. The molecule has 0 aliphatic carbocycles. The maximum absolute atomic E-state index is 12.8. The number of nitriles is 1. The van der Waals surface area contributed by atoms with Crippen molar-refractivity contribution in [3.63, 3.8) is 0 Å². The molecule has 3 aromatic rings. The summed E-state index contributed by atoms with van der Waals surface area (Å²) in [6.07, 6.45) is 1.67. The third kappa shape index (κ3) is 3.14. The van der Waals surface area contributed by atoms with Crippen molar-refractivity contribution in [2.45, 2.75) is 23.9 Å². The summed E-state index contributed by atoms with van der Waals surface area (Å²) in [5, 5.41) is 9.93. The van der Waals surface area contributed by atoms with Crippen molar-refractivity contribution >= 4 is 33.3 Å². The molecule has 6 heteroatoms. The highest BCUT2D eigenvalue weighted by atomic mass is 32.2. The van der Waals surface area contributed by atoms with Gasteiger partial charge in [-0.25, -0.2) is 4.98 Å². The molecule has 0 saturated heterocycles. The molecule has 0 aliphatic heterocycles. The van der Waals surface area contributed by atoms with Gasteiger partial charge in [-0.3, -0.25) is 9.36 Å². The van der Waals surface area contributed by atoms with E-state index in [9.17, 15) is 4.79 Å². The molecular weight excluding hydrogens is 338 g/mol. The number of benzene rings is 1. The molecule has 0 N–H and O–H groups in total. The number of hydrogen-bond acceptors (Lipinski definition) is 5. The molecular formula is C18H15N3OS2. The first-order chi connectivity index (χ1) is 11.6. The predicted octanol–water partition coefficient (Wildman–Crippen LogP) is 4.32. The number of allylic oxidation sites excluding steroid dienone is 1. The van der Waals surface area contributed by atoms with E-state index in [2.05, 4.69) is 17.6 Å². The molecule has 0 fully saturated rings. The summed E-state index contributed by atoms with van der Waals surface area (Å²) in [5.74, 6) is 0. The van der Waals surface area contributed by atoms with Crippen LogP contribution < -0.4 is 5.56 Å². The second-order valence-electron chi connectivity index (χ2n) is 5.18. The molecule has 0 radical (unpaired) electrons. The average molecular weight is 353 g/mol. The summed E-state index contributed by atoms with van der Waals surface area (Å²) >= 11 is 2.79. The SMILES string of the molecule is C=CCn1c(S[C@H](C)C#N)nc2sc(-c3ccccc3)cc2c1=O. The smallest absolute Gasteiger partial charge is 0.263 e. The van der Waals surface area contributed by atoms with Gasteiger partial charge in [-0.1, -0.05) is 48.2 Å². The van der Waals surface area contributed by atoms with Gasteiger partial charge in [0, 0.05) is 11.4 Å². The lowest BCUT2D eigenvalue weighted by molar-refractivity contribution is 0.672. The lowest BCUT2D eigenvalue weighted by Crippen LogP contribution is -2.22. The largest absolute Gasteiger partial charge is 0.283 e. The van der Waals surface area contributed by atoms with Gasteiger partial charge in [-0.15, -0.1) is 17.9 Å². The fraction of sp³-hybridized carbons (Fsp3) is 0.167. The van der Waals surface area contributed by atoms with Gasteiger partial charge in [0.1, 0.15) is 4.83 Å². The van der Waals surface area contributed by atoms with E-state index < -0.39 is 0 Å². The summed E-state index contributed by atoms with van der Waals surface area (Å²) in [7, 11) is 0. The molecule has 120 valence electrons. The van der Waals surface area contributed by atoms with Crippen molar-refractivity contribution in [3.05, 3.63) is 59.4 Å². The normalized spacial score (nSPS) is 12.0. The van der Waals surface area contributed by atoms with Crippen LogP contribution in [0.2, 0.25) is 0 Å². The fourth-order valence-corrected chi connectivity index (χ4v) is 4.19. The van der Waals surface area contributed by atoms with Crippen molar-refractivity contribution < 1.29 is 0 Å². The number of rotatable bonds is 5. The third-order valence-corrected chi connectivity index (χ3v) is 5.51. The van der Waals surface area contributed by atoms with Crippen LogP contribution in [0.25, 0.3) is 20.7 Å². The van der Waals surface area contributed by atoms with Crippen LogP contribution in [-0.4, -0.2) is 14.8 Å². The molecule has 0 unspecified atom stereocenters. The van der Waals surface area contributed by atoms with Gasteiger partial charge in [-0.2, -0.15) is 5.26 Å². The Morgan fingerprint density at radius 2 is 2.21 bits per heavy atom. The summed E-state index contributed by atoms with van der Waals surface area (Å²) in [6, 6.07) is 14.0. The van der Waals surface area contributed by atoms with E-state index in [-0.39, 0.29) is 10.8 Å². The Hall–Kier alpha value is -2.36. The van der Waals surface area contributed by atoms with Crippen LogP contribution in [-0.2, 0) is 6.54 Å². The summed E-state index contributed by atoms with van der Waals surface area (Å²) in [5.41, 5.74) is 0.973. The zero-order valence-corrected chi connectivity index (χ0v) is 14.7. The highest BCUT2D eigenvalue weighted by Crippen LogP contribution is 2.32. The van der Waals surface area contributed by atoms with Gasteiger partial charge < -0.3 is 0 Å². The number of thiophene rings is 1. The minimum Gasteiger partial charge on any atom is -0.283 e. The van der Waals surface area contributed by atoms with Crippen molar-refractivity contribution in [3.8, 4) is 16.5 Å². The van der Waals surface area contributed by atoms with Crippen LogP contribution >= 0.6 is 23.1 Å². The van der Waals surface area contributed by atoms with Gasteiger partial charge in [0.2, 0.25) is 0 Å². The second-order valence-corrected chi connectivity index (χ2v) is 7.52. The quantitative estimate of drug-likeness (QED) is 0.389. The van der Waals surface area contributed by atoms with Gasteiger partial charge in [0.15, 0.2) is 5.16 Å². The molecule has 3 rings (SSSR count). The molecule has 24 heavy (non-hydrogen) atoms. The molecule has 0 amide bonds. The monoisotopic (exact) mass is 353 g/mol. The lowest BCUT2D eigenvalue weighted by atomic mass is 10.2. The van der Waals surface area contributed by atoms with E-state index in [1.54, 1.807) is 17.6 Å². The highest BCUT2D eigenvalue weighted by molar-refractivity contribution is 8.00. The highest BCUT2D eigenvalue weighted by Gasteiger charge is 2.16. The first-order valence-corrected chi connectivity index (χ1v) is 9.10. The van der Waals surface area contributed by atoms with E-state index >= 15 is 0 Å². The van der Waals surface area contributed by atoms with E-state index in [1.807, 2.05) is 36.4 Å². The Labute approximate surface area is 148 Å². The van der Waals surface area contributed by atoms with E-state index in [0.717, 1.165) is 10.4 Å². The maximum Gasteiger partial charge on any atom is 0.263 e. The van der Waals surface area contributed by atoms with E-state index in [1.165, 1.54) is 23.1 Å². The van der Waals surface area contributed by atoms with E-state index in [4.69, 9.17) is 5.26 Å². The number of nitrogens with zero attached hydrogens (tertiary/aromatic N) is 3. The van der Waals surface area contributed by atoms with Gasteiger partial charge in [0.05, 0.1) is 16.7 Å². The second kappa shape index (κ2) is 7.04. The van der Waals surface area contributed by atoms with Crippen LogP contribution in [0, 0.1) is 11.3 Å². The zero-order valence-electron chi connectivity index (χ0n) is 13.1. The zero-order chi connectivity index (χ0) is 17.1. The molecule has 0 aliphatic rings. The minimum atomic E-state index is -0.279. The summed E-state index contributed by atoms with van der Waals surface area (Å²) in [6.45, 7) is 5.88. The Morgan fingerprint density at radius 3 is 2.88 bits per heavy atom. The minimum absolute atomic E-state index is 0.0917. The van der Waals surface area contributed by atoms with E-state index in [0.29, 0.717) is 21.9 Å². The molecule has 0 saturated carbocycles. The first kappa shape index (κ1) is 16.5. The Kier molecular flexibility index (Phi) is 4.84. The third-order valence-electron chi connectivity index (χ3n) is 3.45. The first-order valence-electron chi connectivity index (χ1n) is 7.41. The Balaban J connectivity index is 2.19. The standard InChI is InChI=1S/C18H15N3OS2/c1-3-9-21-17(22)14-10-15(13-7-5-4-6-8-13)24-16(14)20-18(21)23-12(2)11-19/h3-8,10,12H,1,9H2,2H3/t12-/m1/s1. The molecule has 4 nitrogen and oxygen atoms in total. The number of fused-ring (bicyclic) bond motifs is 1. The molecule has 2 heterocycles. The lowest BCUT2D eigenvalue weighted by Gasteiger charge is -2.10. The molecule has 1 aromatic carbocycles. The predicted molar refractivity (Wildman–Crippen MR) is 100 cm³/mol. The van der Waals surface area contributed by atoms with Crippen molar-refractivity contribution in [2.24, 2.45) is 0 Å². The molecule has 1 atom stereocenters. The average Bonchev–Trinajstić information content (AvgIpc) is 3.03. The fourth-order valence-electron chi connectivity index (χ4n) is 2.31. The Morgan fingerprint density at radius 1 is 1.46 bits per heavy atom. The van der Waals surface area contributed by atoms with Crippen LogP contribution in [0.15, 0.2) is 59.0 Å². The maximum atomic E-state index is 12.8. The van der Waals surface area contributed by atoms with Crippen molar-refractivity contribution in [1.29, 1.82) is 5.26 Å². The van der Waals surface area contributed by atoms with Gasteiger partial charge in [0.25, 0.3) is 5.56 Å². The molecule has 0 spiro atoms. The molecule has 2 aromatic heterocycles. The Bertz CT molecular complexity index is 983. The van der Waals surface area contributed by atoms with Crippen molar-refractivity contribution in [1.82, 2.24) is 9.55 Å². The van der Waals surface area contributed by atoms with Crippen LogP contribution in [0.5, 0.6) is 0 Å². The number of aromatic nitrogens is 2. The topological polar surface area (TPSA) is 58.7 Å². The van der Waals surface area contributed by atoms with Crippen LogP contribution in [0.1, 0.15) is 6.92 Å². The number of hydrogen-bond donors (Lipinski definition) is 0. The van der Waals surface area contributed by atoms with Crippen LogP contribution in [0.4, 0.5) is 0 Å². The van der Waals surface area contributed by atoms with Gasteiger partial charge in [-0.05, 0) is 18.6 Å². The number of thioether (sulfide) groups is 1. The van der Waals surface area contributed by atoms with Crippen LogP contribution in [0.3, 0.4) is 0 Å². The summed E-state index contributed by atoms with van der Waals surface area (Å²) in [4.78, 5) is 19.2. The molecule has 0 bridgehead atoms.